The Labute approximate surface area is 168 Å². The number of nitrogens with zero attached hydrogens (tertiary/aromatic N) is 1. The third kappa shape index (κ3) is 4.96. The molecule has 2 unspecified atom stereocenters. The lowest BCUT2D eigenvalue weighted by atomic mass is 9.93. The van der Waals surface area contributed by atoms with E-state index in [1.165, 1.54) is 19.1 Å². The summed E-state index contributed by atoms with van der Waals surface area (Å²) in [6.45, 7) is 2.30. The summed E-state index contributed by atoms with van der Waals surface area (Å²) in [4.78, 5) is 16.3. The van der Waals surface area contributed by atoms with Crippen molar-refractivity contribution in [3.05, 3.63) is 29.6 Å². The lowest BCUT2D eigenvalue weighted by Crippen LogP contribution is -2.34. The first-order valence-electron chi connectivity index (χ1n) is 9.01. The van der Waals surface area contributed by atoms with Gasteiger partial charge in [0.2, 0.25) is 5.91 Å². The van der Waals surface area contributed by atoms with Crippen LogP contribution in [0.3, 0.4) is 0 Å². The SMILES string of the molecule is C[C@@](CS(=O)O)(N=C(N)[C@@H]1CCOC1)c1cc(NC(=O)C2CC2(F)F)ccc1F. The summed E-state index contributed by atoms with van der Waals surface area (Å²) < 4.78 is 67.0. The number of halogens is 3. The number of rotatable bonds is 7. The summed E-state index contributed by atoms with van der Waals surface area (Å²) in [7, 11) is 0. The number of ether oxygens (including phenoxy) is 1. The Morgan fingerprint density at radius 3 is 2.76 bits per heavy atom. The molecule has 2 fully saturated rings. The van der Waals surface area contributed by atoms with Crippen molar-refractivity contribution in [3.8, 4) is 0 Å². The molecule has 160 valence electrons. The average Bonchev–Trinajstić information content (AvgIpc) is 3.03. The minimum Gasteiger partial charge on any atom is -0.387 e. The topological polar surface area (TPSA) is 114 Å². The van der Waals surface area contributed by atoms with Crippen LogP contribution >= 0.6 is 0 Å². The molecule has 7 nitrogen and oxygen atoms in total. The second kappa shape index (κ2) is 8.04. The van der Waals surface area contributed by atoms with Crippen LogP contribution in [0.5, 0.6) is 0 Å². The zero-order valence-corrected chi connectivity index (χ0v) is 16.5. The van der Waals surface area contributed by atoms with Gasteiger partial charge in [-0.05, 0) is 31.5 Å². The Balaban J connectivity index is 1.91. The normalized spacial score (nSPS) is 26.6. The minimum absolute atomic E-state index is 0.0814. The molecule has 29 heavy (non-hydrogen) atoms. The van der Waals surface area contributed by atoms with Crippen molar-refractivity contribution in [2.24, 2.45) is 22.6 Å². The third-order valence-electron chi connectivity index (χ3n) is 5.08. The zero-order chi connectivity index (χ0) is 21.4. The van der Waals surface area contributed by atoms with E-state index in [9.17, 15) is 26.7 Å². The van der Waals surface area contributed by atoms with Gasteiger partial charge in [0.25, 0.3) is 5.92 Å². The molecule has 4 atom stereocenters. The highest BCUT2D eigenvalue weighted by Gasteiger charge is 2.61. The van der Waals surface area contributed by atoms with Gasteiger partial charge in [-0.1, -0.05) is 0 Å². The van der Waals surface area contributed by atoms with Crippen LogP contribution in [0, 0.1) is 17.7 Å². The molecule has 1 saturated heterocycles. The molecule has 1 aliphatic carbocycles. The molecule has 4 N–H and O–H groups in total. The van der Waals surface area contributed by atoms with Crippen molar-refractivity contribution in [2.45, 2.75) is 31.2 Å². The van der Waals surface area contributed by atoms with Crippen molar-refractivity contribution in [1.82, 2.24) is 0 Å². The summed E-state index contributed by atoms with van der Waals surface area (Å²) in [5, 5.41) is 2.34. The number of nitrogens with one attached hydrogen (secondary N) is 1. The summed E-state index contributed by atoms with van der Waals surface area (Å²) in [6.07, 6.45) is 0.0974. The molecule has 0 spiro atoms. The molecule has 2 aliphatic rings. The van der Waals surface area contributed by atoms with Gasteiger partial charge in [0.05, 0.1) is 12.4 Å². The van der Waals surface area contributed by atoms with E-state index in [0.29, 0.717) is 19.6 Å². The van der Waals surface area contributed by atoms with Gasteiger partial charge >= 0.3 is 0 Å². The molecular weight excluding hydrogens is 411 g/mol. The van der Waals surface area contributed by atoms with Gasteiger partial charge in [-0.25, -0.2) is 17.4 Å². The number of aliphatic imine (C=N–C) groups is 1. The number of nitrogens with two attached hydrogens (primary N) is 1. The molecule has 1 heterocycles. The van der Waals surface area contributed by atoms with Gasteiger partial charge in [-0.3, -0.25) is 9.79 Å². The Kier molecular flexibility index (Phi) is 6.02. The van der Waals surface area contributed by atoms with Gasteiger partial charge < -0.3 is 20.3 Å². The smallest absolute Gasteiger partial charge is 0.260 e. The van der Waals surface area contributed by atoms with E-state index in [-0.39, 0.29) is 23.0 Å². The lowest BCUT2D eigenvalue weighted by molar-refractivity contribution is -0.119. The maximum atomic E-state index is 14.6. The summed E-state index contributed by atoms with van der Waals surface area (Å²) in [6, 6.07) is 3.49. The van der Waals surface area contributed by atoms with E-state index in [2.05, 4.69) is 10.3 Å². The van der Waals surface area contributed by atoms with Crippen LogP contribution in [0.1, 0.15) is 25.3 Å². The van der Waals surface area contributed by atoms with E-state index >= 15 is 0 Å². The summed E-state index contributed by atoms with van der Waals surface area (Å²) in [5.41, 5.74) is 4.53. The summed E-state index contributed by atoms with van der Waals surface area (Å²) >= 11 is -2.33. The number of anilines is 1. The monoisotopic (exact) mass is 433 g/mol. The van der Waals surface area contributed by atoms with Gasteiger partial charge in [0.15, 0.2) is 11.1 Å². The van der Waals surface area contributed by atoms with Crippen LogP contribution in [0.15, 0.2) is 23.2 Å². The minimum atomic E-state index is -3.03. The van der Waals surface area contributed by atoms with Gasteiger partial charge in [0, 0.05) is 30.2 Å². The maximum absolute atomic E-state index is 14.6. The molecule has 11 heteroatoms. The van der Waals surface area contributed by atoms with Crippen LogP contribution in [0.4, 0.5) is 18.9 Å². The summed E-state index contributed by atoms with van der Waals surface area (Å²) in [5.74, 6) is -6.51. The number of amidine groups is 1. The second-order valence-electron chi connectivity index (χ2n) is 7.54. The first kappa shape index (κ1) is 21.7. The first-order chi connectivity index (χ1) is 13.5. The predicted molar refractivity (Wildman–Crippen MR) is 102 cm³/mol. The highest BCUT2D eigenvalue weighted by Crippen LogP contribution is 2.49. The lowest BCUT2D eigenvalue weighted by Gasteiger charge is -2.27. The number of benzene rings is 1. The fraction of sp³-hybridized carbons (Fsp3) is 0.556. The largest absolute Gasteiger partial charge is 0.387 e. The molecule has 1 aromatic carbocycles. The van der Waals surface area contributed by atoms with Crippen LogP contribution in [0.2, 0.25) is 0 Å². The van der Waals surface area contributed by atoms with Crippen LogP contribution < -0.4 is 11.1 Å². The number of carbonyl (C=O) groups is 1. The second-order valence-corrected chi connectivity index (χ2v) is 8.47. The average molecular weight is 433 g/mol. The van der Waals surface area contributed by atoms with Gasteiger partial charge in [0.1, 0.15) is 23.1 Å². The molecule has 1 saturated carbocycles. The quantitative estimate of drug-likeness (QED) is 0.347. The van der Waals surface area contributed by atoms with Crippen LogP contribution in [0.25, 0.3) is 0 Å². The molecule has 0 aromatic heterocycles. The number of hydrogen-bond donors (Lipinski definition) is 3. The molecule has 3 rings (SSSR count). The Morgan fingerprint density at radius 2 is 2.21 bits per heavy atom. The van der Waals surface area contributed by atoms with E-state index < -0.39 is 52.4 Å². The highest BCUT2D eigenvalue weighted by molar-refractivity contribution is 7.79. The fourth-order valence-electron chi connectivity index (χ4n) is 3.30. The third-order valence-corrected chi connectivity index (χ3v) is 5.89. The van der Waals surface area contributed by atoms with Gasteiger partial charge in [-0.15, -0.1) is 0 Å². The van der Waals surface area contributed by atoms with Crippen LogP contribution in [-0.4, -0.2) is 45.4 Å². The molecule has 1 aromatic rings. The Hall–Kier alpha value is -1.98. The number of carbonyl (C=O) groups excluding carboxylic acids is 1. The highest BCUT2D eigenvalue weighted by atomic mass is 32.2. The molecule has 0 radical (unpaired) electrons. The molecule has 1 aliphatic heterocycles. The van der Waals surface area contributed by atoms with E-state index in [4.69, 9.17) is 10.5 Å². The van der Waals surface area contributed by atoms with Crippen molar-refractivity contribution >= 4 is 28.5 Å². The number of hydrogen-bond acceptors (Lipinski definition) is 4. The van der Waals surface area contributed by atoms with Crippen molar-refractivity contribution in [2.75, 3.05) is 24.3 Å². The number of alkyl halides is 2. The van der Waals surface area contributed by atoms with E-state index in [1.807, 2.05) is 0 Å². The van der Waals surface area contributed by atoms with Crippen molar-refractivity contribution < 1.29 is 31.5 Å². The Bertz CT molecular complexity index is 861. The molecular formula is C18H22F3N3O4S. The van der Waals surface area contributed by atoms with E-state index in [0.717, 1.165) is 6.07 Å². The maximum Gasteiger partial charge on any atom is 0.260 e. The van der Waals surface area contributed by atoms with Crippen LogP contribution in [-0.2, 0) is 26.2 Å². The zero-order valence-electron chi connectivity index (χ0n) is 15.7. The van der Waals surface area contributed by atoms with Crippen molar-refractivity contribution in [1.29, 1.82) is 0 Å². The fourth-order valence-corrected chi connectivity index (χ4v) is 4.00. The van der Waals surface area contributed by atoms with Gasteiger partial charge in [-0.2, -0.15) is 0 Å². The predicted octanol–water partition coefficient (Wildman–Crippen LogP) is 2.25. The molecule has 1 amide bonds. The standard InChI is InChI=1S/C18H22F3N3O4S/c1-17(9-29(26)27,24-15(22)10-4-5-28-8-10)12-6-11(2-3-14(12)19)23-16(25)13-7-18(13,20)21/h2-3,6,10,13H,4-5,7-9H2,1H3,(H2,22,24)(H,23,25)(H,26,27)/t10-,13?,17+/m1/s1. The Morgan fingerprint density at radius 1 is 1.52 bits per heavy atom. The van der Waals surface area contributed by atoms with E-state index in [1.54, 1.807) is 0 Å². The molecule has 0 bridgehead atoms. The number of amides is 1. The first-order valence-corrected chi connectivity index (χ1v) is 10.3. The van der Waals surface area contributed by atoms with Crippen molar-refractivity contribution in [3.63, 3.8) is 0 Å².